The van der Waals surface area contributed by atoms with Gasteiger partial charge in [0, 0.05) is 0 Å². The van der Waals surface area contributed by atoms with Crippen molar-refractivity contribution in [1.29, 1.82) is 0 Å². The molecule has 0 aromatic carbocycles. The molecule has 0 aliphatic heterocycles. The van der Waals surface area contributed by atoms with Gasteiger partial charge in [-0.2, -0.15) is 21.6 Å². The molecule has 0 radical (unpaired) electrons. The van der Waals surface area contributed by atoms with Crippen molar-refractivity contribution < 1.29 is 68.1 Å². The van der Waals surface area contributed by atoms with Crippen LogP contribution in [0.1, 0.15) is 0 Å². The van der Waals surface area contributed by atoms with Gasteiger partial charge in [-0.1, -0.05) is 0 Å². The fraction of sp³-hybridized carbons (Fsp3) is 1.00. The normalized spacial score (nSPS) is 11.2. The third kappa shape index (κ3) is 5.75. The van der Waals surface area contributed by atoms with Crippen LogP contribution in [0.4, 0.5) is 13.2 Å². The maximum absolute atomic E-state index is 10.7. The van der Waals surface area contributed by atoms with Gasteiger partial charge in [-0.05, 0) is 0 Å². The van der Waals surface area contributed by atoms with Crippen LogP contribution in [0, 0.1) is 0 Å². The number of hydrogen-bond acceptors (Lipinski definition) is 2. The van der Waals surface area contributed by atoms with Crippen LogP contribution in [0.3, 0.4) is 0 Å². The molecule has 0 aliphatic rings. The molecular formula is CHClF3NaO3S. The van der Waals surface area contributed by atoms with E-state index in [2.05, 4.69) is 0 Å². The molecule has 0 heterocycles. The summed E-state index contributed by atoms with van der Waals surface area (Å²) in [4.78, 5) is 0. The predicted octanol–water partition coefficient (Wildman–Crippen LogP) is -5.60. The number of hydrogen-bond donors (Lipinski definition) is 1. The summed E-state index contributed by atoms with van der Waals surface area (Å²) in [7, 11) is -5.84. The van der Waals surface area contributed by atoms with Crippen LogP contribution in [-0.2, 0) is 10.1 Å². The summed E-state index contributed by atoms with van der Waals surface area (Å²) in [6.07, 6.45) is 0. The van der Waals surface area contributed by atoms with Gasteiger partial charge in [-0.25, -0.2) is 0 Å². The van der Waals surface area contributed by atoms with Gasteiger partial charge < -0.3 is 12.4 Å². The molecule has 0 aromatic rings. The molecular weight excluding hydrogens is 208 g/mol. The first-order valence-electron chi connectivity index (χ1n) is 1.29. The fourth-order valence-electron chi connectivity index (χ4n) is 0. The molecule has 3 nitrogen and oxygen atoms in total. The van der Waals surface area contributed by atoms with Crippen molar-refractivity contribution in [1.82, 2.24) is 0 Å². The molecule has 0 aliphatic carbocycles. The van der Waals surface area contributed by atoms with E-state index in [4.69, 9.17) is 13.0 Å². The molecule has 9 heteroatoms. The Morgan fingerprint density at radius 3 is 1.30 bits per heavy atom. The first-order chi connectivity index (χ1) is 3.25. The van der Waals surface area contributed by atoms with Gasteiger partial charge in [0.05, 0.1) is 0 Å². The van der Waals surface area contributed by atoms with E-state index in [1.54, 1.807) is 0 Å². The smallest absolute Gasteiger partial charge is 1.00 e. The van der Waals surface area contributed by atoms with Crippen LogP contribution in [-0.4, -0.2) is 18.5 Å². The van der Waals surface area contributed by atoms with E-state index in [0.29, 0.717) is 0 Å². The number of rotatable bonds is 0. The van der Waals surface area contributed by atoms with E-state index < -0.39 is 15.6 Å². The Balaban J connectivity index is -0.000000245. The number of alkyl halides is 3. The quantitative estimate of drug-likeness (QED) is 0.245. The van der Waals surface area contributed by atoms with Crippen molar-refractivity contribution in [2.75, 3.05) is 0 Å². The summed E-state index contributed by atoms with van der Waals surface area (Å²) < 4.78 is 57.5. The van der Waals surface area contributed by atoms with E-state index >= 15 is 0 Å². The van der Waals surface area contributed by atoms with Gasteiger partial charge in [0.1, 0.15) is 0 Å². The second-order valence-corrected chi connectivity index (χ2v) is 2.33. The van der Waals surface area contributed by atoms with Gasteiger partial charge in [0.2, 0.25) is 0 Å². The van der Waals surface area contributed by atoms with Crippen molar-refractivity contribution in [2.45, 2.75) is 5.51 Å². The minimum atomic E-state index is -5.84. The summed E-state index contributed by atoms with van der Waals surface area (Å²) >= 11 is 0. The minimum Gasteiger partial charge on any atom is -1.00 e. The Morgan fingerprint density at radius 2 is 1.30 bits per heavy atom. The van der Waals surface area contributed by atoms with Crippen molar-refractivity contribution in [3.05, 3.63) is 0 Å². The standard InChI is InChI=1S/CHF3O3S.ClH.Na/c2-1(3,4)8(5,6)7;;/h(H,5,6,7);1H;/q;;+1/p-1. The third-order valence-electron chi connectivity index (χ3n) is 0.292. The average molecular weight is 209 g/mol. The molecule has 1 N–H and O–H groups in total. The van der Waals surface area contributed by atoms with Crippen molar-refractivity contribution in [3.8, 4) is 0 Å². The van der Waals surface area contributed by atoms with Crippen LogP contribution < -0.4 is 42.0 Å². The summed E-state index contributed by atoms with van der Waals surface area (Å²) in [5.41, 5.74) is -5.53. The topological polar surface area (TPSA) is 54.4 Å². The van der Waals surface area contributed by atoms with Gasteiger partial charge in [-0.15, -0.1) is 0 Å². The zero-order valence-electron chi connectivity index (χ0n) is 4.68. The van der Waals surface area contributed by atoms with E-state index in [1.807, 2.05) is 0 Å². The molecule has 0 aromatic heterocycles. The van der Waals surface area contributed by atoms with Crippen molar-refractivity contribution in [2.24, 2.45) is 0 Å². The summed E-state index contributed by atoms with van der Waals surface area (Å²) in [5.74, 6) is 0. The fourth-order valence-corrected chi connectivity index (χ4v) is 0. The second-order valence-electron chi connectivity index (χ2n) is 0.921. The van der Waals surface area contributed by atoms with Crippen LogP contribution in [0.25, 0.3) is 0 Å². The van der Waals surface area contributed by atoms with Gasteiger partial charge in [0.25, 0.3) is 0 Å². The summed E-state index contributed by atoms with van der Waals surface area (Å²) in [6, 6.07) is 0. The summed E-state index contributed by atoms with van der Waals surface area (Å²) in [5, 5.41) is 0. The Bertz CT molecular complexity index is 173. The van der Waals surface area contributed by atoms with Crippen LogP contribution in [0.2, 0.25) is 0 Å². The molecule has 0 rings (SSSR count). The van der Waals surface area contributed by atoms with Gasteiger partial charge in [0.15, 0.2) is 0 Å². The maximum atomic E-state index is 10.7. The Kier molecular flexibility index (Phi) is 8.22. The van der Waals surface area contributed by atoms with Gasteiger partial charge >= 0.3 is 45.2 Å². The zero-order chi connectivity index (χ0) is 7.00. The van der Waals surface area contributed by atoms with E-state index in [9.17, 15) is 13.2 Å². The summed E-state index contributed by atoms with van der Waals surface area (Å²) in [6.45, 7) is 0. The van der Waals surface area contributed by atoms with Crippen LogP contribution in [0.15, 0.2) is 0 Å². The van der Waals surface area contributed by atoms with E-state index in [-0.39, 0.29) is 42.0 Å². The molecule has 0 atom stereocenters. The molecule has 0 amide bonds. The molecule has 0 saturated carbocycles. The molecule has 58 valence electrons. The van der Waals surface area contributed by atoms with Crippen molar-refractivity contribution >= 4 is 10.1 Å². The Labute approximate surface area is 83.4 Å². The van der Waals surface area contributed by atoms with E-state index in [1.165, 1.54) is 0 Å². The molecule has 0 bridgehead atoms. The third-order valence-corrected chi connectivity index (χ3v) is 0.877. The molecule has 0 fully saturated rings. The predicted molar refractivity (Wildman–Crippen MR) is 17.6 cm³/mol. The number of halogens is 4. The SMILES string of the molecule is O=S(=O)(O)C(F)(F)F.[Cl-].[Na+]. The van der Waals surface area contributed by atoms with E-state index in [0.717, 1.165) is 0 Å². The molecule has 0 spiro atoms. The first kappa shape index (κ1) is 17.2. The first-order valence-corrected chi connectivity index (χ1v) is 2.73. The molecule has 0 saturated heterocycles. The second kappa shape index (κ2) is 4.78. The molecule has 10 heavy (non-hydrogen) atoms. The largest absolute Gasteiger partial charge is 1.00 e. The molecule has 0 unspecified atom stereocenters. The van der Waals surface area contributed by atoms with Crippen LogP contribution in [0.5, 0.6) is 0 Å². The monoisotopic (exact) mass is 208 g/mol. The average Bonchev–Trinajstić information content (AvgIpc) is 1.25. The van der Waals surface area contributed by atoms with Crippen molar-refractivity contribution in [3.63, 3.8) is 0 Å². The van der Waals surface area contributed by atoms with Crippen LogP contribution >= 0.6 is 0 Å². The minimum absolute atomic E-state index is 0. The maximum Gasteiger partial charge on any atom is 1.00 e. The zero-order valence-corrected chi connectivity index (χ0v) is 8.26. The Morgan fingerprint density at radius 1 is 1.20 bits per heavy atom. The van der Waals surface area contributed by atoms with Gasteiger partial charge in [-0.3, -0.25) is 4.55 Å². The Hall–Kier alpha value is 0.990.